The van der Waals surface area contributed by atoms with Crippen LogP contribution in [-0.4, -0.2) is 16.0 Å². The van der Waals surface area contributed by atoms with Gasteiger partial charge in [-0.1, -0.05) is 5.16 Å². The van der Waals surface area contributed by atoms with E-state index in [1.54, 1.807) is 12.4 Å². The molecule has 1 aromatic heterocycles. The molecule has 0 aromatic carbocycles. The molecule has 0 bridgehead atoms. The lowest BCUT2D eigenvalue weighted by molar-refractivity contribution is 0.313. The van der Waals surface area contributed by atoms with Gasteiger partial charge in [0, 0.05) is 12.4 Å². The van der Waals surface area contributed by atoms with Gasteiger partial charge in [-0.15, -0.1) is 0 Å². The molecule has 1 rings (SSSR count). The van der Waals surface area contributed by atoms with Gasteiger partial charge in [-0.3, -0.25) is 4.98 Å². The quantitative estimate of drug-likeness (QED) is 0.309. The second kappa shape index (κ2) is 3.43. The molecule has 0 spiro atoms. The van der Waals surface area contributed by atoms with E-state index >= 15 is 0 Å². The molecule has 70 valence electrons. The molecule has 0 fully saturated rings. The molecule has 0 saturated heterocycles. The van der Waals surface area contributed by atoms with Crippen molar-refractivity contribution in [2.24, 2.45) is 10.9 Å². The van der Waals surface area contributed by atoms with Crippen LogP contribution in [-0.2, 0) is 5.41 Å². The number of pyridine rings is 1. The van der Waals surface area contributed by atoms with E-state index in [9.17, 15) is 0 Å². The molecule has 0 aliphatic carbocycles. The largest absolute Gasteiger partial charge is 0.409 e. The van der Waals surface area contributed by atoms with Crippen LogP contribution in [0.15, 0.2) is 29.7 Å². The van der Waals surface area contributed by atoms with Crippen LogP contribution in [0, 0.1) is 0 Å². The zero-order chi connectivity index (χ0) is 9.90. The molecular formula is C9H13N3O. The molecule has 0 unspecified atom stereocenters. The summed E-state index contributed by atoms with van der Waals surface area (Å²) in [5.74, 6) is 0.193. The van der Waals surface area contributed by atoms with Gasteiger partial charge in [-0.25, -0.2) is 0 Å². The van der Waals surface area contributed by atoms with E-state index in [4.69, 9.17) is 10.9 Å². The van der Waals surface area contributed by atoms with Crippen molar-refractivity contribution >= 4 is 5.84 Å². The molecule has 1 heterocycles. The van der Waals surface area contributed by atoms with E-state index in [1.165, 1.54) is 0 Å². The number of oxime groups is 1. The zero-order valence-corrected chi connectivity index (χ0v) is 7.73. The minimum Gasteiger partial charge on any atom is -0.409 e. The monoisotopic (exact) mass is 179 g/mol. The summed E-state index contributed by atoms with van der Waals surface area (Å²) in [6.07, 6.45) is 3.36. The fourth-order valence-electron chi connectivity index (χ4n) is 1.04. The van der Waals surface area contributed by atoms with Crippen LogP contribution in [0.25, 0.3) is 0 Å². The molecule has 3 N–H and O–H groups in total. The van der Waals surface area contributed by atoms with Crippen molar-refractivity contribution in [1.82, 2.24) is 4.98 Å². The molecule has 0 atom stereocenters. The Morgan fingerprint density at radius 1 is 1.46 bits per heavy atom. The fraction of sp³-hybridized carbons (Fsp3) is 0.333. The highest BCUT2D eigenvalue weighted by molar-refractivity contribution is 5.90. The van der Waals surface area contributed by atoms with Crippen LogP contribution in [0.3, 0.4) is 0 Å². The van der Waals surface area contributed by atoms with Crippen molar-refractivity contribution in [3.63, 3.8) is 0 Å². The average molecular weight is 179 g/mol. The Kier molecular flexibility index (Phi) is 2.51. The van der Waals surface area contributed by atoms with Gasteiger partial charge in [0.2, 0.25) is 0 Å². The second-order valence-corrected chi connectivity index (χ2v) is 3.35. The van der Waals surface area contributed by atoms with Gasteiger partial charge in [0.25, 0.3) is 0 Å². The molecule has 0 amide bonds. The van der Waals surface area contributed by atoms with Crippen molar-refractivity contribution in [1.29, 1.82) is 0 Å². The number of aromatic nitrogens is 1. The van der Waals surface area contributed by atoms with Gasteiger partial charge < -0.3 is 10.9 Å². The minimum atomic E-state index is -0.461. The first-order valence-electron chi connectivity index (χ1n) is 3.97. The van der Waals surface area contributed by atoms with E-state index < -0.39 is 5.41 Å². The van der Waals surface area contributed by atoms with Crippen LogP contribution in [0.1, 0.15) is 19.4 Å². The standard InChI is InChI=1S/C9H13N3O/c1-9(2,8(10)12-13)7-3-5-11-6-4-7/h3-6,13H,1-2H3,(H2,10,12). The van der Waals surface area contributed by atoms with Crippen molar-refractivity contribution in [3.05, 3.63) is 30.1 Å². The van der Waals surface area contributed by atoms with E-state index in [-0.39, 0.29) is 5.84 Å². The number of rotatable bonds is 2. The highest BCUT2D eigenvalue weighted by atomic mass is 16.4. The molecule has 4 nitrogen and oxygen atoms in total. The highest BCUT2D eigenvalue weighted by Crippen LogP contribution is 2.21. The summed E-state index contributed by atoms with van der Waals surface area (Å²) in [6, 6.07) is 3.69. The highest BCUT2D eigenvalue weighted by Gasteiger charge is 2.25. The number of hydrogen-bond acceptors (Lipinski definition) is 3. The predicted molar refractivity (Wildman–Crippen MR) is 50.7 cm³/mol. The van der Waals surface area contributed by atoms with Gasteiger partial charge in [-0.05, 0) is 31.5 Å². The third kappa shape index (κ3) is 1.77. The number of nitrogens with zero attached hydrogens (tertiary/aromatic N) is 2. The Morgan fingerprint density at radius 2 is 2.00 bits per heavy atom. The summed E-state index contributed by atoms with van der Waals surface area (Å²) < 4.78 is 0. The summed E-state index contributed by atoms with van der Waals surface area (Å²) in [6.45, 7) is 3.77. The Labute approximate surface area is 77.1 Å². The van der Waals surface area contributed by atoms with E-state index in [0.29, 0.717) is 0 Å². The summed E-state index contributed by atoms with van der Waals surface area (Å²) >= 11 is 0. The maximum Gasteiger partial charge on any atom is 0.149 e. The Balaban J connectivity index is 3.08. The van der Waals surface area contributed by atoms with Gasteiger partial charge in [0.15, 0.2) is 0 Å². The van der Waals surface area contributed by atoms with Gasteiger partial charge in [0.1, 0.15) is 5.84 Å². The zero-order valence-electron chi connectivity index (χ0n) is 7.73. The summed E-state index contributed by atoms with van der Waals surface area (Å²) in [4.78, 5) is 3.90. The lowest BCUT2D eigenvalue weighted by Crippen LogP contribution is -2.35. The van der Waals surface area contributed by atoms with E-state index in [0.717, 1.165) is 5.56 Å². The van der Waals surface area contributed by atoms with Gasteiger partial charge >= 0.3 is 0 Å². The molecule has 0 radical (unpaired) electrons. The van der Waals surface area contributed by atoms with Crippen molar-refractivity contribution in [2.75, 3.05) is 0 Å². The Morgan fingerprint density at radius 3 is 2.46 bits per heavy atom. The smallest absolute Gasteiger partial charge is 0.149 e. The first-order valence-corrected chi connectivity index (χ1v) is 3.97. The van der Waals surface area contributed by atoms with Gasteiger partial charge in [0.05, 0.1) is 5.41 Å². The molecule has 4 heteroatoms. The first kappa shape index (κ1) is 9.51. The number of hydrogen-bond donors (Lipinski definition) is 2. The lowest BCUT2D eigenvalue weighted by Gasteiger charge is -2.22. The van der Waals surface area contributed by atoms with Crippen molar-refractivity contribution in [2.45, 2.75) is 19.3 Å². The maximum absolute atomic E-state index is 8.58. The third-order valence-corrected chi connectivity index (χ3v) is 2.15. The van der Waals surface area contributed by atoms with Crippen molar-refractivity contribution in [3.8, 4) is 0 Å². The molecule has 0 aliphatic rings. The molecule has 13 heavy (non-hydrogen) atoms. The van der Waals surface area contributed by atoms with Gasteiger partial charge in [-0.2, -0.15) is 0 Å². The number of amidine groups is 1. The van der Waals surface area contributed by atoms with Crippen LogP contribution in [0.4, 0.5) is 0 Å². The Hall–Kier alpha value is -1.58. The van der Waals surface area contributed by atoms with Crippen LogP contribution >= 0.6 is 0 Å². The molecule has 0 aliphatic heterocycles. The SMILES string of the molecule is CC(C)(/C(N)=N/O)c1ccncc1. The Bertz CT molecular complexity index is 306. The fourth-order valence-corrected chi connectivity index (χ4v) is 1.04. The normalized spacial score (nSPS) is 12.9. The first-order chi connectivity index (χ1) is 6.09. The van der Waals surface area contributed by atoms with Crippen LogP contribution in [0.2, 0.25) is 0 Å². The number of nitrogens with two attached hydrogens (primary N) is 1. The third-order valence-electron chi connectivity index (χ3n) is 2.15. The molecular weight excluding hydrogens is 166 g/mol. The average Bonchev–Trinajstić information content (AvgIpc) is 2.18. The van der Waals surface area contributed by atoms with Crippen molar-refractivity contribution < 1.29 is 5.21 Å². The molecule has 1 aromatic rings. The van der Waals surface area contributed by atoms with Crippen LogP contribution < -0.4 is 5.73 Å². The summed E-state index contributed by atoms with van der Waals surface area (Å²) in [5, 5.41) is 11.6. The topological polar surface area (TPSA) is 71.5 Å². The van der Waals surface area contributed by atoms with E-state index in [1.807, 2.05) is 26.0 Å². The summed E-state index contributed by atoms with van der Waals surface area (Å²) in [7, 11) is 0. The maximum atomic E-state index is 8.58. The minimum absolute atomic E-state index is 0.193. The predicted octanol–water partition coefficient (Wildman–Crippen LogP) is 1.11. The lowest BCUT2D eigenvalue weighted by atomic mass is 9.84. The molecule has 0 saturated carbocycles. The van der Waals surface area contributed by atoms with E-state index in [2.05, 4.69) is 10.1 Å². The summed E-state index contributed by atoms with van der Waals surface area (Å²) in [5.41, 5.74) is 6.07. The van der Waals surface area contributed by atoms with Crippen LogP contribution in [0.5, 0.6) is 0 Å². The second-order valence-electron chi connectivity index (χ2n) is 3.35.